The number of anilines is 1. The summed E-state index contributed by atoms with van der Waals surface area (Å²) < 4.78 is 21.6. The topological polar surface area (TPSA) is 206 Å². The molecule has 5 atom stereocenters. The summed E-state index contributed by atoms with van der Waals surface area (Å²) in [5, 5.41) is 30.4. The highest BCUT2D eigenvalue weighted by Gasteiger charge is 2.47. The Hall–Kier alpha value is -1.00. The molecule has 1 unspecified atom stereocenters. The van der Waals surface area contributed by atoms with Crippen LogP contribution >= 0.6 is 29.7 Å². The summed E-state index contributed by atoms with van der Waals surface area (Å²) in [7, 11) is -4.22. The van der Waals surface area contributed by atoms with Crippen molar-refractivity contribution in [3.8, 4) is 0 Å². The van der Waals surface area contributed by atoms with Crippen molar-refractivity contribution in [1.82, 2.24) is 19.5 Å². The quantitative estimate of drug-likeness (QED) is 0.138. The molecule has 2 aromatic rings. The van der Waals surface area contributed by atoms with Gasteiger partial charge in [0.2, 0.25) is 0 Å². The van der Waals surface area contributed by atoms with Crippen molar-refractivity contribution >= 4 is 46.7 Å². The maximum Gasteiger partial charge on any atom is 0.481 e. The molecule has 0 radical (unpaired) electrons. The molecule has 0 saturated carbocycles. The SMILES string of the molecule is Nc1ncnc2c1ncn2[C@@H]1O[C@H](C(O)SSOP(=O)(O)O)[C@@H](O)[C@H]1O. The number of hydrogen-bond acceptors (Lipinski definition) is 12. The standard InChI is InChI=1S/C10H14N5O8PS2/c11-7-3-8(13-1-12-7)15(2-14-3)9-5(17)4(16)6(22-9)10(18)25-26-23-24(19,20)21/h1-2,4-6,9-10,16-18H,(H2,11,12,13)(H2,19,20,21)/t4-,5+,6-,9+,10?/m0/s1. The molecular formula is C10H14N5O8PS2. The third-order valence-corrected chi connectivity index (χ3v) is 6.42. The van der Waals surface area contributed by atoms with Gasteiger partial charge in [0.25, 0.3) is 0 Å². The summed E-state index contributed by atoms with van der Waals surface area (Å²) in [6.45, 7) is 0. The van der Waals surface area contributed by atoms with E-state index in [0.29, 0.717) is 10.8 Å². The molecule has 1 saturated heterocycles. The molecule has 1 fully saturated rings. The first-order valence-corrected chi connectivity index (χ1v) is 10.6. The van der Waals surface area contributed by atoms with Gasteiger partial charge in [-0.2, -0.15) is 0 Å². The van der Waals surface area contributed by atoms with Gasteiger partial charge in [-0.3, -0.25) is 4.57 Å². The highest BCUT2D eigenvalue weighted by molar-refractivity contribution is 8.75. The fourth-order valence-corrected chi connectivity index (χ4v) is 4.83. The molecule has 3 rings (SSSR count). The number of nitrogen functional groups attached to an aromatic ring is 1. The fourth-order valence-electron chi connectivity index (χ4n) is 2.36. The molecule has 1 aliphatic heterocycles. The van der Waals surface area contributed by atoms with E-state index in [2.05, 4.69) is 18.9 Å². The van der Waals surface area contributed by atoms with Crippen molar-refractivity contribution in [1.29, 1.82) is 0 Å². The van der Waals surface area contributed by atoms with Gasteiger partial charge in [0.1, 0.15) is 35.6 Å². The number of nitrogens with zero attached hydrogens (tertiary/aromatic N) is 4. The van der Waals surface area contributed by atoms with E-state index in [1.165, 1.54) is 17.2 Å². The van der Waals surface area contributed by atoms with Gasteiger partial charge in [-0.15, -0.1) is 0 Å². The highest BCUT2D eigenvalue weighted by Crippen LogP contribution is 2.47. The van der Waals surface area contributed by atoms with Crippen molar-refractivity contribution < 1.29 is 38.4 Å². The van der Waals surface area contributed by atoms with E-state index in [1.807, 2.05) is 0 Å². The Bertz CT molecular complexity index is 835. The number of phosphoric acid groups is 1. The molecule has 26 heavy (non-hydrogen) atoms. The molecule has 0 aromatic carbocycles. The van der Waals surface area contributed by atoms with Gasteiger partial charge >= 0.3 is 7.82 Å². The van der Waals surface area contributed by atoms with Crippen LogP contribution in [-0.2, 0) is 13.3 Å². The van der Waals surface area contributed by atoms with E-state index < -0.39 is 37.8 Å². The summed E-state index contributed by atoms with van der Waals surface area (Å²) >= 11 is 0.236. The molecule has 0 spiro atoms. The number of nitrogens with two attached hydrogens (primary N) is 1. The van der Waals surface area contributed by atoms with Crippen molar-refractivity contribution in [2.45, 2.75) is 30.0 Å². The lowest BCUT2D eigenvalue weighted by Gasteiger charge is -2.19. The molecule has 3 heterocycles. The maximum atomic E-state index is 10.6. The summed E-state index contributed by atoms with van der Waals surface area (Å²) in [6, 6.07) is 0. The normalized spacial score (nSPS) is 27.9. The van der Waals surface area contributed by atoms with Crippen LogP contribution in [0.3, 0.4) is 0 Å². The molecule has 144 valence electrons. The summed E-state index contributed by atoms with van der Waals surface area (Å²) in [5.41, 5.74) is 4.77. The highest BCUT2D eigenvalue weighted by atomic mass is 33.1. The Morgan fingerprint density at radius 2 is 2.04 bits per heavy atom. The van der Waals surface area contributed by atoms with Gasteiger partial charge in [-0.05, 0) is 10.8 Å². The lowest BCUT2D eigenvalue weighted by atomic mass is 10.1. The van der Waals surface area contributed by atoms with E-state index in [9.17, 15) is 19.9 Å². The second-order valence-corrected chi connectivity index (χ2v) is 8.55. The largest absolute Gasteiger partial charge is 0.481 e. The second kappa shape index (κ2) is 7.55. The van der Waals surface area contributed by atoms with Crippen LogP contribution in [0.1, 0.15) is 6.23 Å². The van der Waals surface area contributed by atoms with Crippen LogP contribution in [0.25, 0.3) is 11.2 Å². The predicted molar refractivity (Wildman–Crippen MR) is 90.0 cm³/mol. The number of hydrogen-bond donors (Lipinski definition) is 6. The minimum Gasteiger partial charge on any atom is -0.387 e. The number of rotatable bonds is 6. The van der Waals surface area contributed by atoms with Gasteiger partial charge < -0.3 is 35.6 Å². The molecule has 16 heteroatoms. The fraction of sp³-hybridized carbons (Fsp3) is 0.500. The Morgan fingerprint density at radius 3 is 2.73 bits per heavy atom. The first kappa shape index (κ1) is 19.8. The van der Waals surface area contributed by atoms with E-state index in [-0.39, 0.29) is 28.1 Å². The zero-order chi connectivity index (χ0) is 19.1. The first-order valence-electron chi connectivity index (χ1n) is 6.89. The first-order chi connectivity index (χ1) is 12.2. The van der Waals surface area contributed by atoms with Crippen molar-refractivity contribution in [3.05, 3.63) is 12.7 Å². The van der Waals surface area contributed by atoms with Gasteiger partial charge in [-0.25, -0.2) is 23.5 Å². The van der Waals surface area contributed by atoms with E-state index >= 15 is 0 Å². The summed E-state index contributed by atoms with van der Waals surface area (Å²) in [6.07, 6.45) is -2.83. The molecule has 7 N–H and O–H groups in total. The van der Waals surface area contributed by atoms with Crippen LogP contribution in [0.4, 0.5) is 5.82 Å². The molecule has 2 aromatic heterocycles. The van der Waals surface area contributed by atoms with Crippen molar-refractivity contribution in [2.75, 3.05) is 5.73 Å². The monoisotopic (exact) mass is 427 g/mol. The smallest absolute Gasteiger partial charge is 0.387 e. The average molecular weight is 427 g/mol. The van der Waals surface area contributed by atoms with E-state index in [1.54, 1.807) is 0 Å². The maximum absolute atomic E-state index is 10.6. The molecule has 13 nitrogen and oxygen atoms in total. The zero-order valence-corrected chi connectivity index (χ0v) is 15.2. The zero-order valence-electron chi connectivity index (χ0n) is 12.6. The third kappa shape index (κ3) is 3.96. The number of aliphatic hydroxyl groups excluding tert-OH is 3. The number of ether oxygens (including phenoxy) is 1. The summed E-state index contributed by atoms with van der Waals surface area (Å²) in [4.78, 5) is 29.0. The van der Waals surface area contributed by atoms with Crippen LogP contribution in [0.2, 0.25) is 0 Å². The van der Waals surface area contributed by atoms with Crippen LogP contribution < -0.4 is 5.73 Å². The Balaban J connectivity index is 1.75. The van der Waals surface area contributed by atoms with Crippen LogP contribution in [0.5, 0.6) is 0 Å². The Morgan fingerprint density at radius 1 is 1.31 bits per heavy atom. The third-order valence-electron chi connectivity index (χ3n) is 3.48. The second-order valence-electron chi connectivity index (χ2n) is 5.18. The van der Waals surface area contributed by atoms with Gasteiger partial charge in [-0.1, -0.05) is 0 Å². The van der Waals surface area contributed by atoms with Crippen LogP contribution in [-0.4, -0.2) is 68.4 Å². The molecule has 0 aliphatic carbocycles. The Labute approximate surface area is 153 Å². The lowest BCUT2D eigenvalue weighted by molar-refractivity contribution is -0.0591. The molecular weight excluding hydrogens is 413 g/mol. The number of fused-ring (bicyclic) bond motifs is 1. The minimum atomic E-state index is -4.72. The number of aromatic nitrogens is 4. The van der Waals surface area contributed by atoms with Crippen LogP contribution in [0.15, 0.2) is 12.7 Å². The van der Waals surface area contributed by atoms with Gasteiger partial charge in [0, 0.05) is 0 Å². The predicted octanol–water partition coefficient (Wildman–Crippen LogP) is -1.25. The number of aliphatic hydroxyl groups is 3. The van der Waals surface area contributed by atoms with Gasteiger partial charge in [0.05, 0.1) is 17.4 Å². The van der Waals surface area contributed by atoms with E-state index in [0.717, 1.165) is 0 Å². The van der Waals surface area contributed by atoms with Gasteiger partial charge in [0.15, 0.2) is 17.7 Å². The average Bonchev–Trinajstić information content (AvgIpc) is 3.10. The van der Waals surface area contributed by atoms with Crippen molar-refractivity contribution in [3.63, 3.8) is 0 Å². The molecule has 0 bridgehead atoms. The minimum absolute atomic E-state index is 0.125. The summed E-state index contributed by atoms with van der Waals surface area (Å²) in [5.74, 6) is 0.125. The molecule has 1 aliphatic rings. The van der Waals surface area contributed by atoms with E-state index in [4.69, 9.17) is 20.3 Å². The Kier molecular flexibility index (Phi) is 5.74. The lowest BCUT2D eigenvalue weighted by Crippen LogP contribution is -2.36. The van der Waals surface area contributed by atoms with Crippen molar-refractivity contribution in [2.24, 2.45) is 0 Å². The molecule has 0 amide bonds. The van der Waals surface area contributed by atoms with Crippen LogP contribution in [0, 0.1) is 0 Å². The number of imidazole rings is 1.